The number of aromatic nitrogens is 1. The van der Waals surface area contributed by atoms with Crippen LogP contribution in [0.3, 0.4) is 0 Å². The van der Waals surface area contributed by atoms with Crippen LogP contribution in [0.1, 0.15) is 37.4 Å². The molecule has 0 saturated carbocycles. The minimum atomic E-state index is 0.0172. The van der Waals surface area contributed by atoms with Crippen molar-refractivity contribution >= 4 is 17.3 Å². The van der Waals surface area contributed by atoms with Crippen LogP contribution in [-0.4, -0.2) is 21.5 Å². The van der Waals surface area contributed by atoms with Gasteiger partial charge < -0.3 is 14.6 Å². The maximum atomic E-state index is 5.66. The normalized spacial score (nSPS) is 21.9. The van der Waals surface area contributed by atoms with Crippen LogP contribution in [0.5, 0.6) is 0 Å². The Morgan fingerprint density at radius 2 is 2.19 bits per heavy atom. The van der Waals surface area contributed by atoms with Gasteiger partial charge in [0.15, 0.2) is 5.11 Å². The Morgan fingerprint density at radius 1 is 1.33 bits per heavy atom. The fourth-order valence-corrected chi connectivity index (χ4v) is 3.08. The van der Waals surface area contributed by atoms with Gasteiger partial charge in [-0.2, -0.15) is 0 Å². The Morgan fingerprint density at radius 3 is 2.81 bits per heavy atom. The Labute approximate surface area is 130 Å². The summed E-state index contributed by atoms with van der Waals surface area (Å²) in [5, 5.41) is 4.16. The summed E-state index contributed by atoms with van der Waals surface area (Å²) in [6, 6.07) is 9.92. The molecule has 2 atom stereocenters. The van der Waals surface area contributed by atoms with E-state index < -0.39 is 0 Å². The minimum absolute atomic E-state index is 0.0172. The van der Waals surface area contributed by atoms with Gasteiger partial charge in [0.05, 0.1) is 18.0 Å². The van der Waals surface area contributed by atoms with Crippen LogP contribution in [0, 0.1) is 5.92 Å². The van der Waals surface area contributed by atoms with E-state index in [1.807, 2.05) is 36.5 Å². The molecule has 0 amide bonds. The maximum Gasteiger partial charge on any atom is 0.170 e. The molecule has 1 aliphatic heterocycles. The van der Waals surface area contributed by atoms with Crippen molar-refractivity contribution in [2.75, 3.05) is 6.54 Å². The first-order chi connectivity index (χ1) is 10.2. The lowest BCUT2D eigenvalue weighted by Crippen LogP contribution is -2.32. The molecule has 110 valence electrons. The molecule has 1 N–H and O–H groups in total. The van der Waals surface area contributed by atoms with Crippen molar-refractivity contribution in [1.82, 2.24) is 15.2 Å². The highest BCUT2D eigenvalue weighted by atomic mass is 32.1. The number of rotatable bonds is 4. The predicted octanol–water partition coefficient (Wildman–Crippen LogP) is 3.30. The molecule has 2 aromatic rings. The predicted molar refractivity (Wildman–Crippen MR) is 85.7 cm³/mol. The van der Waals surface area contributed by atoms with Gasteiger partial charge in [-0.05, 0) is 42.4 Å². The Kier molecular flexibility index (Phi) is 3.92. The zero-order chi connectivity index (χ0) is 14.8. The van der Waals surface area contributed by atoms with Gasteiger partial charge in [-0.15, -0.1) is 0 Å². The van der Waals surface area contributed by atoms with E-state index in [2.05, 4.69) is 29.0 Å². The number of nitrogens with one attached hydrogen (secondary N) is 1. The summed E-state index contributed by atoms with van der Waals surface area (Å²) in [7, 11) is 0. The van der Waals surface area contributed by atoms with Crippen molar-refractivity contribution in [2.45, 2.75) is 25.9 Å². The number of pyridine rings is 1. The molecule has 0 spiro atoms. The van der Waals surface area contributed by atoms with E-state index in [4.69, 9.17) is 16.6 Å². The molecule has 0 aromatic carbocycles. The van der Waals surface area contributed by atoms with E-state index >= 15 is 0 Å². The summed E-state index contributed by atoms with van der Waals surface area (Å²) in [5.74, 6) is 1.43. The van der Waals surface area contributed by atoms with Gasteiger partial charge in [0.1, 0.15) is 11.8 Å². The first kappa shape index (κ1) is 14.1. The largest absolute Gasteiger partial charge is 0.467 e. The van der Waals surface area contributed by atoms with E-state index in [0.717, 1.165) is 23.1 Å². The van der Waals surface area contributed by atoms with Gasteiger partial charge in [0.2, 0.25) is 0 Å². The van der Waals surface area contributed by atoms with E-state index in [1.54, 1.807) is 6.26 Å². The van der Waals surface area contributed by atoms with E-state index in [1.165, 1.54) is 0 Å². The Bertz CT molecular complexity index is 597. The number of hydrogen-bond donors (Lipinski definition) is 1. The van der Waals surface area contributed by atoms with Gasteiger partial charge in [-0.1, -0.05) is 19.9 Å². The molecule has 4 nitrogen and oxygen atoms in total. The van der Waals surface area contributed by atoms with Crippen molar-refractivity contribution in [2.24, 2.45) is 5.92 Å². The van der Waals surface area contributed by atoms with E-state index in [0.29, 0.717) is 5.92 Å². The van der Waals surface area contributed by atoms with Crippen molar-refractivity contribution in [3.05, 3.63) is 54.2 Å². The molecule has 3 rings (SSSR count). The smallest absolute Gasteiger partial charge is 0.170 e. The average molecular weight is 301 g/mol. The first-order valence-corrected chi connectivity index (χ1v) is 7.59. The molecule has 0 unspecified atom stereocenters. The molecule has 5 heteroatoms. The molecule has 2 aromatic heterocycles. The lowest BCUT2D eigenvalue weighted by Gasteiger charge is -2.27. The maximum absolute atomic E-state index is 5.66. The van der Waals surface area contributed by atoms with Crippen LogP contribution in [0.2, 0.25) is 0 Å². The molecule has 3 heterocycles. The van der Waals surface area contributed by atoms with Crippen molar-refractivity contribution in [3.8, 4) is 0 Å². The zero-order valence-corrected chi connectivity index (χ0v) is 13.0. The fraction of sp³-hybridized carbons (Fsp3) is 0.375. The highest BCUT2D eigenvalue weighted by Gasteiger charge is 2.41. The van der Waals surface area contributed by atoms with Gasteiger partial charge in [-0.25, -0.2) is 0 Å². The summed E-state index contributed by atoms with van der Waals surface area (Å²) in [5.41, 5.74) is 0.979. The molecule has 0 aliphatic carbocycles. The monoisotopic (exact) mass is 301 g/mol. The summed E-state index contributed by atoms with van der Waals surface area (Å²) < 4.78 is 5.66. The third-order valence-corrected chi connectivity index (χ3v) is 3.95. The Hall–Kier alpha value is -1.88. The summed E-state index contributed by atoms with van der Waals surface area (Å²) in [6.45, 7) is 5.27. The van der Waals surface area contributed by atoms with Crippen LogP contribution < -0.4 is 5.32 Å². The summed E-state index contributed by atoms with van der Waals surface area (Å²) >= 11 is 5.53. The standard InChI is InChI=1S/C16H19N3OS/c1-11(2)10-19-15(13-7-5-9-20-13)14(18-16(19)21)12-6-3-4-8-17-12/h3-9,11,14-15H,10H2,1-2H3,(H,18,21)/t14-,15-/m0/s1. The van der Waals surface area contributed by atoms with Crippen LogP contribution in [0.25, 0.3) is 0 Å². The second-order valence-electron chi connectivity index (χ2n) is 5.69. The van der Waals surface area contributed by atoms with Crippen molar-refractivity contribution < 1.29 is 4.42 Å². The molecule has 1 fully saturated rings. The lowest BCUT2D eigenvalue weighted by atomic mass is 10.0. The van der Waals surface area contributed by atoms with Crippen LogP contribution >= 0.6 is 12.2 Å². The molecule has 1 aliphatic rings. The summed E-state index contributed by atoms with van der Waals surface area (Å²) in [4.78, 5) is 6.68. The Balaban J connectivity index is 1.98. The second-order valence-corrected chi connectivity index (χ2v) is 6.07. The highest BCUT2D eigenvalue weighted by molar-refractivity contribution is 7.80. The number of thiocarbonyl (C=S) groups is 1. The molecule has 21 heavy (non-hydrogen) atoms. The number of hydrogen-bond acceptors (Lipinski definition) is 3. The van der Waals surface area contributed by atoms with Crippen LogP contribution in [0.4, 0.5) is 0 Å². The second kappa shape index (κ2) is 5.85. The zero-order valence-electron chi connectivity index (χ0n) is 12.2. The topological polar surface area (TPSA) is 41.3 Å². The van der Waals surface area contributed by atoms with Gasteiger partial charge in [0.25, 0.3) is 0 Å². The van der Waals surface area contributed by atoms with Crippen LogP contribution in [0.15, 0.2) is 47.2 Å². The SMILES string of the molecule is CC(C)CN1C(=S)N[C@@H](c2ccccn2)[C@@H]1c1ccco1. The molecular weight excluding hydrogens is 282 g/mol. The average Bonchev–Trinajstić information content (AvgIpc) is 3.08. The highest BCUT2D eigenvalue weighted by Crippen LogP contribution is 2.38. The fourth-order valence-electron chi connectivity index (χ4n) is 2.76. The van der Waals surface area contributed by atoms with Crippen molar-refractivity contribution in [3.63, 3.8) is 0 Å². The number of furan rings is 1. The minimum Gasteiger partial charge on any atom is -0.467 e. The molecule has 1 saturated heterocycles. The van der Waals surface area contributed by atoms with Gasteiger partial charge in [0, 0.05) is 12.7 Å². The van der Waals surface area contributed by atoms with Crippen LogP contribution in [-0.2, 0) is 0 Å². The third kappa shape index (κ3) is 2.78. The molecule has 0 radical (unpaired) electrons. The van der Waals surface area contributed by atoms with E-state index in [9.17, 15) is 0 Å². The third-order valence-electron chi connectivity index (χ3n) is 3.59. The molecular formula is C16H19N3OS. The lowest BCUT2D eigenvalue weighted by molar-refractivity contribution is 0.252. The van der Waals surface area contributed by atoms with Gasteiger partial charge >= 0.3 is 0 Å². The number of nitrogens with zero attached hydrogens (tertiary/aromatic N) is 2. The van der Waals surface area contributed by atoms with Gasteiger partial charge in [-0.3, -0.25) is 4.98 Å². The van der Waals surface area contributed by atoms with E-state index in [-0.39, 0.29) is 12.1 Å². The quantitative estimate of drug-likeness (QED) is 0.878. The molecule has 0 bridgehead atoms. The first-order valence-electron chi connectivity index (χ1n) is 7.18. The van der Waals surface area contributed by atoms with Crippen molar-refractivity contribution in [1.29, 1.82) is 0 Å². The summed E-state index contributed by atoms with van der Waals surface area (Å²) in [6.07, 6.45) is 3.52.